The van der Waals surface area contributed by atoms with Crippen molar-refractivity contribution >= 4 is 51.7 Å². The summed E-state index contributed by atoms with van der Waals surface area (Å²) >= 11 is 7.08. The zero-order valence-electron chi connectivity index (χ0n) is 14.0. The van der Waals surface area contributed by atoms with Gasteiger partial charge in [-0.2, -0.15) is 0 Å². The summed E-state index contributed by atoms with van der Waals surface area (Å²) in [6.45, 7) is 0. The summed E-state index contributed by atoms with van der Waals surface area (Å²) in [5, 5.41) is 2.45. The Bertz CT molecular complexity index is 827. The standard InChI is InChI=1S/C17H16IN3O4S/c1-24-12-6-3-10(4-7-12)15(22)19-17(26)21-20-16(23)11-5-8-14(25-2)13(18)9-11/h3-9H,1-2H3,(H,20,23)(H2,19,21,22,26). The highest BCUT2D eigenvalue weighted by molar-refractivity contribution is 14.1. The largest absolute Gasteiger partial charge is 0.497 e. The van der Waals surface area contributed by atoms with Crippen LogP contribution in [0.5, 0.6) is 11.5 Å². The van der Waals surface area contributed by atoms with Gasteiger partial charge in [-0.1, -0.05) is 0 Å². The Kier molecular flexibility index (Phi) is 7.16. The number of carbonyl (C=O) groups is 2. The van der Waals surface area contributed by atoms with Crippen LogP contribution in [-0.2, 0) is 0 Å². The molecule has 3 N–H and O–H groups in total. The lowest BCUT2D eigenvalue weighted by Gasteiger charge is -2.11. The van der Waals surface area contributed by atoms with Crippen molar-refractivity contribution in [2.75, 3.05) is 14.2 Å². The highest BCUT2D eigenvalue weighted by Gasteiger charge is 2.11. The second kappa shape index (κ2) is 9.34. The first-order chi connectivity index (χ1) is 12.4. The van der Waals surface area contributed by atoms with Gasteiger partial charge in [0.05, 0.1) is 17.8 Å². The molecule has 0 fully saturated rings. The second-order valence-electron chi connectivity index (χ2n) is 4.94. The minimum Gasteiger partial charge on any atom is -0.497 e. The second-order valence-corrected chi connectivity index (χ2v) is 6.51. The molecule has 2 rings (SSSR count). The molecule has 0 aliphatic heterocycles. The van der Waals surface area contributed by atoms with Crippen LogP contribution in [0.2, 0.25) is 0 Å². The van der Waals surface area contributed by atoms with Gasteiger partial charge >= 0.3 is 0 Å². The van der Waals surface area contributed by atoms with Gasteiger partial charge in [-0.15, -0.1) is 0 Å². The van der Waals surface area contributed by atoms with Crippen molar-refractivity contribution in [2.24, 2.45) is 0 Å². The fourth-order valence-electron chi connectivity index (χ4n) is 1.94. The van der Waals surface area contributed by atoms with E-state index in [1.54, 1.807) is 56.7 Å². The summed E-state index contributed by atoms with van der Waals surface area (Å²) in [5.74, 6) is 0.519. The highest BCUT2D eigenvalue weighted by atomic mass is 127. The lowest BCUT2D eigenvalue weighted by Crippen LogP contribution is -2.48. The molecule has 0 aliphatic rings. The van der Waals surface area contributed by atoms with E-state index in [4.69, 9.17) is 21.7 Å². The summed E-state index contributed by atoms with van der Waals surface area (Å²) in [5.41, 5.74) is 5.75. The number of methoxy groups -OCH3 is 2. The molecule has 0 unspecified atom stereocenters. The van der Waals surface area contributed by atoms with Crippen molar-refractivity contribution in [3.8, 4) is 11.5 Å². The van der Waals surface area contributed by atoms with Crippen LogP contribution in [0.1, 0.15) is 20.7 Å². The number of ether oxygens (including phenoxy) is 2. The van der Waals surface area contributed by atoms with E-state index in [-0.39, 0.29) is 5.11 Å². The Morgan fingerprint density at radius 2 is 1.58 bits per heavy atom. The molecule has 2 amide bonds. The Morgan fingerprint density at radius 3 is 2.15 bits per heavy atom. The third-order valence-electron chi connectivity index (χ3n) is 3.28. The molecule has 0 spiro atoms. The molecule has 0 heterocycles. The number of nitrogens with one attached hydrogen (secondary N) is 3. The fourth-order valence-corrected chi connectivity index (χ4v) is 2.82. The topological polar surface area (TPSA) is 88.7 Å². The number of rotatable bonds is 4. The molecule has 0 radical (unpaired) electrons. The summed E-state index contributed by atoms with van der Waals surface area (Å²) in [4.78, 5) is 24.2. The third kappa shape index (κ3) is 5.30. The van der Waals surface area contributed by atoms with E-state index in [2.05, 4.69) is 38.8 Å². The Morgan fingerprint density at radius 1 is 0.923 bits per heavy atom. The molecule has 0 aromatic heterocycles. The molecular weight excluding hydrogens is 469 g/mol. The van der Waals surface area contributed by atoms with Gasteiger partial charge in [0.2, 0.25) is 0 Å². The maximum absolute atomic E-state index is 12.1. The minimum absolute atomic E-state index is 0.0256. The quantitative estimate of drug-likeness (QED) is 0.350. The minimum atomic E-state index is -0.404. The zero-order valence-corrected chi connectivity index (χ0v) is 16.9. The van der Waals surface area contributed by atoms with Crippen LogP contribution in [0, 0.1) is 3.57 Å². The Labute approximate surface area is 169 Å². The number of carbonyl (C=O) groups excluding carboxylic acids is 2. The van der Waals surface area contributed by atoms with E-state index in [1.807, 2.05) is 0 Å². The van der Waals surface area contributed by atoms with Crippen LogP contribution in [0.25, 0.3) is 0 Å². The van der Waals surface area contributed by atoms with Gasteiger partial charge in [0.1, 0.15) is 11.5 Å². The normalized spacial score (nSPS) is 9.81. The van der Waals surface area contributed by atoms with E-state index >= 15 is 0 Å². The molecule has 9 heteroatoms. The van der Waals surface area contributed by atoms with E-state index in [1.165, 1.54) is 0 Å². The molecule has 0 bridgehead atoms. The first-order valence-corrected chi connectivity index (χ1v) is 8.82. The number of thiocarbonyl (C=S) groups is 1. The van der Waals surface area contributed by atoms with E-state index in [9.17, 15) is 9.59 Å². The average molecular weight is 485 g/mol. The summed E-state index contributed by atoms with van der Waals surface area (Å²) < 4.78 is 11.0. The first-order valence-electron chi connectivity index (χ1n) is 7.34. The van der Waals surface area contributed by atoms with Crippen molar-refractivity contribution in [3.63, 3.8) is 0 Å². The molecule has 7 nitrogen and oxygen atoms in total. The number of hydrogen-bond donors (Lipinski definition) is 3. The zero-order chi connectivity index (χ0) is 19.1. The molecule has 26 heavy (non-hydrogen) atoms. The summed E-state index contributed by atoms with van der Waals surface area (Å²) in [6.07, 6.45) is 0. The molecule has 136 valence electrons. The average Bonchev–Trinajstić information content (AvgIpc) is 2.66. The van der Waals surface area contributed by atoms with Crippen molar-refractivity contribution in [1.82, 2.24) is 16.2 Å². The van der Waals surface area contributed by atoms with Crippen LogP contribution in [-0.4, -0.2) is 31.1 Å². The van der Waals surface area contributed by atoms with E-state index < -0.39 is 11.8 Å². The van der Waals surface area contributed by atoms with Crippen LogP contribution < -0.4 is 25.6 Å². The maximum atomic E-state index is 12.1. The fraction of sp³-hybridized carbons (Fsp3) is 0.118. The van der Waals surface area contributed by atoms with Crippen molar-refractivity contribution in [2.45, 2.75) is 0 Å². The van der Waals surface area contributed by atoms with Crippen molar-refractivity contribution < 1.29 is 19.1 Å². The van der Waals surface area contributed by atoms with Gasteiger partial charge in [0, 0.05) is 11.1 Å². The van der Waals surface area contributed by atoms with Crippen molar-refractivity contribution in [1.29, 1.82) is 0 Å². The van der Waals surface area contributed by atoms with Gasteiger partial charge < -0.3 is 9.47 Å². The Balaban J connectivity index is 1.88. The van der Waals surface area contributed by atoms with Crippen molar-refractivity contribution in [3.05, 3.63) is 57.2 Å². The number of hydrogen-bond acceptors (Lipinski definition) is 5. The lowest BCUT2D eigenvalue weighted by molar-refractivity contribution is 0.0934. The predicted molar refractivity (Wildman–Crippen MR) is 109 cm³/mol. The predicted octanol–water partition coefficient (Wildman–Crippen LogP) is 2.26. The number of amides is 2. The molecular formula is C17H16IN3O4S. The molecule has 0 aliphatic carbocycles. The molecule has 0 atom stereocenters. The van der Waals surface area contributed by atoms with Crippen LogP contribution in [0.15, 0.2) is 42.5 Å². The highest BCUT2D eigenvalue weighted by Crippen LogP contribution is 2.21. The summed E-state index contributed by atoms with van der Waals surface area (Å²) in [7, 11) is 3.10. The first kappa shape index (κ1) is 19.9. The van der Waals surface area contributed by atoms with E-state index in [0.29, 0.717) is 22.6 Å². The van der Waals surface area contributed by atoms with Gasteiger partial charge in [-0.3, -0.25) is 25.8 Å². The number of benzene rings is 2. The maximum Gasteiger partial charge on any atom is 0.269 e. The number of halogens is 1. The Hall–Kier alpha value is -2.40. The molecule has 0 saturated carbocycles. The van der Waals surface area contributed by atoms with Gasteiger partial charge in [-0.25, -0.2) is 0 Å². The van der Waals surface area contributed by atoms with Crippen LogP contribution >= 0.6 is 34.8 Å². The van der Waals surface area contributed by atoms with E-state index in [0.717, 1.165) is 3.57 Å². The SMILES string of the molecule is COc1ccc(C(=O)NC(=S)NNC(=O)c2ccc(OC)c(I)c2)cc1. The van der Waals surface area contributed by atoms with Gasteiger partial charge in [0.15, 0.2) is 5.11 Å². The molecule has 2 aromatic rings. The smallest absolute Gasteiger partial charge is 0.269 e. The molecule has 2 aromatic carbocycles. The van der Waals surface area contributed by atoms with Crippen LogP contribution in [0.4, 0.5) is 0 Å². The lowest BCUT2D eigenvalue weighted by atomic mass is 10.2. The van der Waals surface area contributed by atoms with Gasteiger partial charge in [-0.05, 0) is 77.3 Å². The van der Waals surface area contributed by atoms with Gasteiger partial charge in [0.25, 0.3) is 11.8 Å². The third-order valence-corrected chi connectivity index (χ3v) is 4.33. The molecule has 0 saturated heterocycles. The monoisotopic (exact) mass is 485 g/mol. The van der Waals surface area contributed by atoms with Crippen LogP contribution in [0.3, 0.4) is 0 Å². The number of hydrazine groups is 1. The summed E-state index contributed by atoms with van der Waals surface area (Å²) in [6, 6.07) is 11.5.